The first-order valence-corrected chi connectivity index (χ1v) is 9.92. The van der Waals surface area contributed by atoms with Crippen molar-refractivity contribution < 1.29 is 9.53 Å². The number of ether oxygens (including phenoxy) is 1. The number of hydrogen-bond donors (Lipinski definition) is 1. The lowest BCUT2D eigenvalue weighted by Crippen LogP contribution is -2.20. The fourth-order valence-corrected chi connectivity index (χ4v) is 3.43. The molecule has 7 heteroatoms. The minimum absolute atomic E-state index is 0.102. The number of carbonyl (C=O) groups is 1. The van der Waals surface area contributed by atoms with Crippen LogP contribution >= 0.6 is 11.6 Å². The fraction of sp³-hybridized carbons (Fsp3) is 0.227. The second kappa shape index (κ2) is 8.92. The Morgan fingerprint density at radius 1 is 1.03 bits per heavy atom. The Balaban J connectivity index is 1.38. The van der Waals surface area contributed by atoms with Crippen molar-refractivity contribution in [3.63, 3.8) is 0 Å². The van der Waals surface area contributed by atoms with Gasteiger partial charge in [0.2, 0.25) is 0 Å². The highest BCUT2D eigenvalue weighted by molar-refractivity contribution is 6.30. The van der Waals surface area contributed by atoms with Crippen molar-refractivity contribution in [2.24, 2.45) is 0 Å². The van der Waals surface area contributed by atoms with Crippen LogP contribution in [0.3, 0.4) is 0 Å². The van der Waals surface area contributed by atoms with Crippen LogP contribution in [0, 0.1) is 0 Å². The number of hydrogen-bond acceptors (Lipinski definition) is 5. The molecule has 2 aromatic carbocycles. The van der Waals surface area contributed by atoms with Gasteiger partial charge < -0.3 is 15.0 Å². The number of halogens is 1. The number of rotatable bonds is 6. The molecule has 0 radical (unpaired) electrons. The van der Waals surface area contributed by atoms with Gasteiger partial charge in [0.15, 0.2) is 12.4 Å². The van der Waals surface area contributed by atoms with E-state index in [4.69, 9.17) is 16.3 Å². The molecule has 2 heterocycles. The predicted octanol–water partition coefficient (Wildman–Crippen LogP) is 4.41. The third-order valence-electron chi connectivity index (χ3n) is 4.69. The highest BCUT2D eigenvalue weighted by Gasteiger charge is 2.14. The molecule has 3 aromatic rings. The summed E-state index contributed by atoms with van der Waals surface area (Å²) in [4.78, 5) is 14.5. The minimum Gasteiger partial charge on any atom is -0.484 e. The summed E-state index contributed by atoms with van der Waals surface area (Å²) in [7, 11) is 0. The minimum atomic E-state index is -0.252. The van der Waals surface area contributed by atoms with E-state index in [2.05, 4.69) is 20.4 Å². The van der Waals surface area contributed by atoms with E-state index in [0.717, 1.165) is 30.2 Å². The first-order chi connectivity index (χ1) is 14.2. The zero-order valence-corrected chi connectivity index (χ0v) is 16.6. The molecule has 0 bridgehead atoms. The lowest BCUT2D eigenvalue weighted by Gasteiger charge is -2.15. The molecular weight excluding hydrogens is 388 g/mol. The van der Waals surface area contributed by atoms with Crippen LogP contribution in [0.5, 0.6) is 5.75 Å². The second-order valence-corrected chi connectivity index (χ2v) is 7.28. The molecule has 1 amide bonds. The van der Waals surface area contributed by atoms with Crippen molar-refractivity contribution in [3.8, 4) is 17.0 Å². The molecule has 0 spiro atoms. The van der Waals surface area contributed by atoms with E-state index in [1.165, 1.54) is 12.8 Å². The monoisotopic (exact) mass is 408 g/mol. The topological polar surface area (TPSA) is 67.3 Å². The average Bonchev–Trinajstić information content (AvgIpc) is 3.28. The number of benzene rings is 2. The smallest absolute Gasteiger partial charge is 0.262 e. The maximum absolute atomic E-state index is 12.2. The second-order valence-electron chi connectivity index (χ2n) is 6.85. The summed E-state index contributed by atoms with van der Waals surface area (Å²) in [5, 5.41) is 12.1. The molecule has 1 aliphatic heterocycles. The Hall–Kier alpha value is -3.12. The number of carbonyl (C=O) groups excluding carboxylic acids is 1. The van der Waals surface area contributed by atoms with Gasteiger partial charge >= 0.3 is 0 Å². The molecule has 0 atom stereocenters. The number of anilines is 2. The molecule has 1 aliphatic rings. The predicted molar refractivity (Wildman–Crippen MR) is 114 cm³/mol. The third kappa shape index (κ3) is 5.03. The summed E-state index contributed by atoms with van der Waals surface area (Å²) >= 11 is 5.92. The molecule has 1 aromatic heterocycles. The van der Waals surface area contributed by atoms with E-state index < -0.39 is 0 Å². The molecule has 29 heavy (non-hydrogen) atoms. The van der Waals surface area contributed by atoms with Crippen molar-refractivity contribution in [1.82, 2.24) is 10.2 Å². The van der Waals surface area contributed by atoms with Crippen molar-refractivity contribution >= 4 is 29.0 Å². The standard InChI is InChI=1S/C22H21ClN4O2/c23-17-6-4-8-19(14-17)29-15-22(28)24-18-7-3-5-16(13-18)20-9-10-21(26-25-20)27-11-1-2-12-27/h3-10,13-14H,1-2,11-12,15H2,(H,24,28). The number of amides is 1. The summed E-state index contributed by atoms with van der Waals surface area (Å²) in [6.45, 7) is 1.97. The van der Waals surface area contributed by atoms with Crippen molar-refractivity contribution in [3.05, 3.63) is 65.7 Å². The maximum atomic E-state index is 12.2. The number of aromatic nitrogens is 2. The van der Waals surface area contributed by atoms with Gasteiger partial charge in [0.1, 0.15) is 5.75 Å². The van der Waals surface area contributed by atoms with Gasteiger partial charge in [-0.25, -0.2) is 0 Å². The van der Waals surface area contributed by atoms with E-state index in [9.17, 15) is 4.79 Å². The molecule has 0 saturated carbocycles. The molecule has 1 fully saturated rings. The van der Waals surface area contributed by atoms with Crippen LogP contribution in [0.1, 0.15) is 12.8 Å². The Bertz CT molecular complexity index is 988. The van der Waals surface area contributed by atoms with Crippen LogP contribution in [0.4, 0.5) is 11.5 Å². The first kappa shape index (κ1) is 19.2. The van der Waals surface area contributed by atoms with E-state index in [0.29, 0.717) is 16.5 Å². The molecule has 4 rings (SSSR count). The van der Waals surface area contributed by atoms with E-state index in [-0.39, 0.29) is 12.5 Å². The Morgan fingerprint density at radius 2 is 1.86 bits per heavy atom. The van der Waals surface area contributed by atoms with Gasteiger partial charge in [-0.05, 0) is 55.3 Å². The molecule has 0 aliphatic carbocycles. The average molecular weight is 409 g/mol. The van der Waals surface area contributed by atoms with Crippen LogP contribution in [0.2, 0.25) is 5.02 Å². The van der Waals surface area contributed by atoms with Crippen LogP contribution in [0.25, 0.3) is 11.3 Å². The van der Waals surface area contributed by atoms with E-state index >= 15 is 0 Å². The Labute approximate surface area is 174 Å². The van der Waals surface area contributed by atoms with Crippen LogP contribution in [-0.4, -0.2) is 35.8 Å². The largest absolute Gasteiger partial charge is 0.484 e. The highest BCUT2D eigenvalue weighted by atomic mass is 35.5. The lowest BCUT2D eigenvalue weighted by molar-refractivity contribution is -0.118. The summed E-state index contributed by atoms with van der Waals surface area (Å²) in [5.74, 6) is 1.21. The molecule has 148 valence electrons. The van der Waals surface area contributed by atoms with Gasteiger partial charge in [-0.1, -0.05) is 29.8 Å². The van der Waals surface area contributed by atoms with Gasteiger partial charge in [-0.2, -0.15) is 0 Å². The van der Waals surface area contributed by atoms with Crippen LogP contribution in [-0.2, 0) is 4.79 Å². The zero-order chi connectivity index (χ0) is 20.1. The van der Waals surface area contributed by atoms with Gasteiger partial charge in [-0.15, -0.1) is 10.2 Å². The van der Waals surface area contributed by atoms with Gasteiger partial charge in [0, 0.05) is 29.4 Å². The van der Waals surface area contributed by atoms with Crippen molar-refractivity contribution in [2.75, 3.05) is 29.9 Å². The Kier molecular flexibility index (Phi) is 5.91. The molecule has 0 unspecified atom stereocenters. The van der Waals surface area contributed by atoms with Crippen molar-refractivity contribution in [2.45, 2.75) is 12.8 Å². The maximum Gasteiger partial charge on any atom is 0.262 e. The number of nitrogens with one attached hydrogen (secondary N) is 1. The molecular formula is C22H21ClN4O2. The molecule has 1 N–H and O–H groups in total. The highest BCUT2D eigenvalue weighted by Crippen LogP contribution is 2.23. The van der Waals surface area contributed by atoms with Crippen LogP contribution in [0.15, 0.2) is 60.7 Å². The SMILES string of the molecule is O=C(COc1cccc(Cl)c1)Nc1cccc(-c2ccc(N3CCCC3)nn2)c1. The normalized spacial score (nSPS) is 13.3. The van der Waals surface area contributed by atoms with Gasteiger partial charge in [0.25, 0.3) is 5.91 Å². The summed E-state index contributed by atoms with van der Waals surface area (Å²) in [6, 6.07) is 18.4. The summed E-state index contributed by atoms with van der Waals surface area (Å²) < 4.78 is 5.47. The van der Waals surface area contributed by atoms with Gasteiger partial charge in [-0.3, -0.25) is 4.79 Å². The number of nitrogens with zero attached hydrogens (tertiary/aromatic N) is 3. The van der Waals surface area contributed by atoms with E-state index in [1.54, 1.807) is 24.3 Å². The fourth-order valence-electron chi connectivity index (χ4n) is 3.25. The van der Waals surface area contributed by atoms with Crippen LogP contribution < -0.4 is 15.0 Å². The molecule has 1 saturated heterocycles. The zero-order valence-electron chi connectivity index (χ0n) is 15.8. The third-order valence-corrected chi connectivity index (χ3v) is 4.92. The van der Waals surface area contributed by atoms with Crippen molar-refractivity contribution in [1.29, 1.82) is 0 Å². The molecule has 6 nitrogen and oxygen atoms in total. The van der Waals surface area contributed by atoms with E-state index in [1.807, 2.05) is 36.4 Å². The summed E-state index contributed by atoms with van der Waals surface area (Å²) in [6.07, 6.45) is 2.40. The van der Waals surface area contributed by atoms with Gasteiger partial charge in [0.05, 0.1) is 5.69 Å². The quantitative estimate of drug-likeness (QED) is 0.654. The first-order valence-electron chi connectivity index (χ1n) is 9.55. The lowest BCUT2D eigenvalue weighted by atomic mass is 10.1. The Morgan fingerprint density at radius 3 is 2.62 bits per heavy atom. The summed E-state index contributed by atoms with van der Waals surface area (Å²) in [5.41, 5.74) is 2.32.